The van der Waals surface area contributed by atoms with Crippen LogP contribution in [0.1, 0.15) is 13.8 Å². The molecular weight excluding hydrogens is 138 g/mol. The lowest BCUT2D eigenvalue weighted by atomic mass is 10.1. The maximum atomic E-state index is 9.26. The molecule has 1 rings (SSSR count). The highest BCUT2D eigenvalue weighted by molar-refractivity contribution is 4.97. The molecule has 0 spiro atoms. The Morgan fingerprint density at radius 1 is 1.64 bits per heavy atom. The fraction of sp³-hybridized carbons (Fsp3) is 0.778. The smallest absolute Gasteiger partial charge is 0.0848 e. The van der Waals surface area contributed by atoms with Crippen LogP contribution in [0.3, 0.4) is 0 Å². The third-order valence-electron chi connectivity index (χ3n) is 1.79. The second-order valence-corrected chi connectivity index (χ2v) is 3.61. The summed E-state index contributed by atoms with van der Waals surface area (Å²) in [5.74, 6) is 0.689. The van der Waals surface area contributed by atoms with Gasteiger partial charge in [-0.2, -0.15) is 0 Å². The fourth-order valence-electron chi connectivity index (χ4n) is 1.43. The fourth-order valence-corrected chi connectivity index (χ4v) is 1.43. The van der Waals surface area contributed by atoms with Crippen molar-refractivity contribution < 1.29 is 5.11 Å². The Hall–Kier alpha value is -0.340. The van der Waals surface area contributed by atoms with Crippen LogP contribution < -0.4 is 0 Å². The van der Waals surface area contributed by atoms with Gasteiger partial charge in [-0.05, 0) is 5.92 Å². The number of aliphatic hydroxyl groups excluding tert-OH is 1. The quantitative estimate of drug-likeness (QED) is 0.598. The number of hydrogen-bond acceptors (Lipinski definition) is 2. The Balaban J connectivity index is 2.31. The number of aliphatic hydroxyl groups is 1. The lowest BCUT2D eigenvalue weighted by Gasteiger charge is -2.27. The molecule has 0 amide bonds. The average Bonchev–Trinajstić information content (AvgIpc) is 1.85. The zero-order valence-electron chi connectivity index (χ0n) is 7.33. The van der Waals surface area contributed by atoms with Crippen molar-refractivity contribution in [1.29, 1.82) is 0 Å². The average molecular weight is 155 g/mol. The van der Waals surface area contributed by atoms with Crippen molar-refractivity contribution in [3.63, 3.8) is 0 Å². The van der Waals surface area contributed by atoms with Gasteiger partial charge in [0.25, 0.3) is 0 Å². The van der Waals surface area contributed by atoms with Crippen LogP contribution in [0.5, 0.6) is 0 Å². The second kappa shape index (κ2) is 3.88. The van der Waals surface area contributed by atoms with Crippen molar-refractivity contribution in [2.24, 2.45) is 5.92 Å². The Morgan fingerprint density at radius 2 is 2.36 bits per heavy atom. The van der Waals surface area contributed by atoms with Gasteiger partial charge in [0, 0.05) is 19.6 Å². The molecule has 1 aliphatic rings. The first-order valence-corrected chi connectivity index (χ1v) is 4.25. The monoisotopic (exact) mass is 155 g/mol. The highest BCUT2D eigenvalue weighted by atomic mass is 16.3. The normalized spacial score (nSPS) is 26.4. The van der Waals surface area contributed by atoms with Gasteiger partial charge in [0.15, 0.2) is 0 Å². The summed E-state index contributed by atoms with van der Waals surface area (Å²) in [6.07, 6.45) is 3.66. The van der Waals surface area contributed by atoms with Gasteiger partial charge in [-0.25, -0.2) is 0 Å². The van der Waals surface area contributed by atoms with Gasteiger partial charge in [0.1, 0.15) is 0 Å². The van der Waals surface area contributed by atoms with Gasteiger partial charge in [-0.1, -0.05) is 26.0 Å². The zero-order chi connectivity index (χ0) is 8.27. The van der Waals surface area contributed by atoms with E-state index in [2.05, 4.69) is 18.7 Å². The van der Waals surface area contributed by atoms with E-state index in [1.165, 1.54) is 0 Å². The molecule has 2 heteroatoms. The van der Waals surface area contributed by atoms with Crippen LogP contribution in [0, 0.1) is 5.92 Å². The van der Waals surface area contributed by atoms with E-state index in [1.54, 1.807) is 0 Å². The van der Waals surface area contributed by atoms with Crippen LogP contribution >= 0.6 is 0 Å². The Bertz CT molecular complexity index is 142. The summed E-state index contributed by atoms with van der Waals surface area (Å²) < 4.78 is 0. The molecule has 1 unspecified atom stereocenters. The van der Waals surface area contributed by atoms with Gasteiger partial charge in [0.05, 0.1) is 6.10 Å². The molecular formula is C9H17NO. The van der Waals surface area contributed by atoms with E-state index in [1.807, 2.05) is 12.2 Å². The molecule has 0 bridgehead atoms. The maximum absolute atomic E-state index is 9.26. The lowest BCUT2D eigenvalue weighted by Crippen LogP contribution is -2.37. The number of hydrogen-bond donors (Lipinski definition) is 1. The minimum Gasteiger partial charge on any atom is -0.388 e. The third-order valence-corrected chi connectivity index (χ3v) is 1.79. The van der Waals surface area contributed by atoms with Crippen LogP contribution in [0.25, 0.3) is 0 Å². The molecule has 0 saturated heterocycles. The molecule has 1 aliphatic heterocycles. The molecule has 0 aliphatic carbocycles. The summed E-state index contributed by atoms with van der Waals surface area (Å²) in [4.78, 5) is 2.27. The Morgan fingerprint density at radius 3 is 2.91 bits per heavy atom. The predicted molar refractivity (Wildman–Crippen MR) is 46.4 cm³/mol. The summed E-state index contributed by atoms with van der Waals surface area (Å²) in [5.41, 5.74) is 0. The summed E-state index contributed by atoms with van der Waals surface area (Å²) in [7, 11) is 0. The number of β-amino-alcohol motifs (C(OH)–C–C–N with tert-alkyl or cyclic N) is 1. The lowest BCUT2D eigenvalue weighted by molar-refractivity contribution is 0.136. The first-order chi connectivity index (χ1) is 5.18. The van der Waals surface area contributed by atoms with E-state index in [-0.39, 0.29) is 6.10 Å². The molecule has 64 valence electrons. The molecule has 1 heterocycles. The molecule has 11 heavy (non-hydrogen) atoms. The molecule has 0 radical (unpaired) electrons. The molecule has 0 saturated carbocycles. The van der Waals surface area contributed by atoms with Crippen LogP contribution in [-0.4, -0.2) is 35.7 Å². The van der Waals surface area contributed by atoms with E-state index < -0.39 is 0 Å². The maximum Gasteiger partial charge on any atom is 0.0848 e. The summed E-state index contributed by atoms with van der Waals surface area (Å²) >= 11 is 0. The van der Waals surface area contributed by atoms with Crippen molar-refractivity contribution >= 4 is 0 Å². The largest absolute Gasteiger partial charge is 0.388 e. The minimum absolute atomic E-state index is 0.248. The standard InChI is InChI=1S/C9H17NO/c1-8(2)6-10-5-3-4-9(11)7-10/h3-4,8-9,11H,5-7H2,1-2H3. The van der Waals surface area contributed by atoms with Crippen LogP contribution in [0.15, 0.2) is 12.2 Å². The van der Waals surface area contributed by atoms with Crippen LogP contribution in [0.2, 0.25) is 0 Å². The first kappa shape index (κ1) is 8.75. The number of rotatable bonds is 2. The van der Waals surface area contributed by atoms with Gasteiger partial charge < -0.3 is 5.11 Å². The Labute approximate surface area is 68.5 Å². The molecule has 0 fully saturated rings. The van der Waals surface area contributed by atoms with E-state index in [0.29, 0.717) is 5.92 Å². The van der Waals surface area contributed by atoms with Crippen molar-refractivity contribution in [3.8, 4) is 0 Å². The van der Waals surface area contributed by atoms with E-state index >= 15 is 0 Å². The third kappa shape index (κ3) is 3.04. The van der Waals surface area contributed by atoms with Crippen molar-refractivity contribution in [1.82, 2.24) is 4.90 Å². The second-order valence-electron chi connectivity index (χ2n) is 3.61. The van der Waals surface area contributed by atoms with E-state index in [9.17, 15) is 5.11 Å². The summed E-state index contributed by atoms with van der Waals surface area (Å²) in [6.45, 7) is 7.28. The van der Waals surface area contributed by atoms with Crippen molar-refractivity contribution in [3.05, 3.63) is 12.2 Å². The summed E-state index contributed by atoms with van der Waals surface area (Å²) in [6, 6.07) is 0. The predicted octanol–water partition coefficient (Wildman–Crippen LogP) is 0.875. The molecule has 1 atom stereocenters. The highest BCUT2D eigenvalue weighted by Gasteiger charge is 2.12. The van der Waals surface area contributed by atoms with Gasteiger partial charge in [-0.3, -0.25) is 4.90 Å². The Kier molecular flexibility index (Phi) is 3.09. The van der Waals surface area contributed by atoms with E-state index in [4.69, 9.17) is 0 Å². The van der Waals surface area contributed by atoms with Gasteiger partial charge >= 0.3 is 0 Å². The molecule has 0 aromatic heterocycles. The molecule has 2 nitrogen and oxygen atoms in total. The minimum atomic E-state index is -0.248. The number of nitrogens with zero attached hydrogens (tertiary/aromatic N) is 1. The first-order valence-electron chi connectivity index (χ1n) is 4.25. The topological polar surface area (TPSA) is 23.5 Å². The van der Waals surface area contributed by atoms with Gasteiger partial charge in [0.2, 0.25) is 0 Å². The van der Waals surface area contributed by atoms with Crippen LogP contribution in [-0.2, 0) is 0 Å². The molecule has 0 aromatic carbocycles. The van der Waals surface area contributed by atoms with Crippen molar-refractivity contribution in [2.45, 2.75) is 20.0 Å². The van der Waals surface area contributed by atoms with Gasteiger partial charge in [-0.15, -0.1) is 0 Å². The highest BCUT2D eigenvalue weighted by Crippen LogP contribution is 2.05. The SMILES string of the molecule is CC(C)CN1CC=CC(O)C1. The zero-order valence-corrected chi connectivity index (χ0v) is 7.33. The van der Waals surface area contributed by atoms with Crippen molar-refractivity contribution in [2.75, 3.05) is 19.6 Å². The molecule has 1 N–H and O–H groups in total. The molecule has 0 aromatic rings. The van der Waals surface area contributed by atoms with E-state index in [0.717, 1.165) is 19.6 Å². The summed E-state index contributed by atoms with van der Waals surface area (Å²) in [5, 5.41) is 9.26. The van der Waals surface area contributed by atoms with Crippen LogP contribution in [0.4, 0.5) is 0 Å².